The minimum Gasteiger partial charge on any atom is -0.494 e. The third-order valence-electron chi connectivity index (χ3n) is 4.31. The van der Waals surface area contributed by atoms with Crippen LogP contribution < -0.4 is 10.1 Å². The average molecular weight is 332 g/mol. The van der Waals surface area contributed by atoms with Gasteiger partial charge >= 0.3 is 0 Å². The maximum absolute atomic E-state index is 12.7. The third-order valence-corrected chi connectivity index (χ3v) is 4.31. The summed E-state index contributed by atoms with van der Waals surface area (Å²) in [6.45, 7) is 5.58. The molecule has 1 aliphatic rings. The van der Waals surface area contributed by atoms with Crippen molar-refractivity contribution >= 4 is 11.8 Å². The molecule has 1 aliphatic heterocycles. The Bertz CT molecular complexity index is 551. The van der Waals surface area contributed by atoms with Gasteiger partial charge in [0.15, 0.2) is 0 Å². The molecular weight excluding hydrogens is 304 g/mol. The van der Waals surface area contributed by atoms with E-state index < -0.39 is 0 Å². The molecule has 0 spiro atoms. The van der Waals surface area contributed by atoms with E-state index in [4.69, 9.17) is 4.74 Å². The summed E-state index contributed by atoms with van der Waals surface area (Å²) in [4.78, 5) is 26.3. The van der Waals surface area contributed by atoms with Crippen molar-refractivity contribution in [3.63, 3.8) is 0 Å². The molecule has 2 amide bonds. The quantitative estimate of drug-likeness (QED) is 0.871. The van der Waals surface area contributed by atoms with Crippen LogP contribution in [0.25, 0.3) is 0 Å². The number of hydrogen-bond donors (Lipinski definition) is 1. The molecule has 0 bridgehead atoms. The van der Waals surface area contributed by atoms with Crippen molar-refractivity contribution < 1.29 is 14.3 Å². The number of nitrogens with zero attached hydrogens (tertiary/aromatic N) is 1. The van der Waals surface area contributed by atoms with E-state index in [0.717, 1.165) is 37.2 Å². The summed E-state index contributed by atoms with van der Waals surface area (Å²) in [6.07, 6.45) is 4.76. The lowest BCUT2D eigenvalue weighted by Crippen LogP contribution is -2.36. The molecule has 5 heteroatoms. The van der Waals surface area contributed by atoms with Gasteiger partial charge in [-0.1, -0.05) is 31.0 Å². The van der Waals surface area contributed by atoms with Gasteiger partial charge in [0.2, 0.25) is 11.8 Å². The van der Waals surface area contributed by atoms with Crippen molar-refractivity contribution in [2.24, 2.45) is 0 Å². The Kier molecular flexibility index (Phi) is 7.09. The van der Waals surface area contributed by atoms with E-state index in [1.807, 2.05) is 36.1 Å². The van der Waals surface area contributed by atoms with Crippen LogP contribution in [0.15, 0.2) is 24.3 Å². The number of amides is 2. The molecule has 1 aromatic carbocycles. The topological polar surface area (TPSA) is 58.6 Å². The van der Waals surface area contributed by atoms with Crippen LogP contribution in [0.4, 0.5) is 0 Å². The zero-order valence-electron chi connectivity index (χ0n) is 14.7. The van der Waals surface area contributed by atoms with Gasteiger partial charge in [-0.05, 0) is 25.8 Å². The van der Waals surface area contributed by atoms with Crippen molar-refractivity contribution in [1.29, 1.82) is 0 Å². The van der Waals surface area contributed by atoms with E-state index >= 15 is 0 Å². The first kappa shape index (κ1) is 18.3. The number of rotatable bonds is 6. The van der Waals surface area contributed by atoms with Gasteiger partial charge in [0.05, 0.1) is 19.1 Å². The zero-order valence-corrected chi connectivity index (χ0v) is 14.7. The largest absolute Gasteiger partial charge is 0.494 e. The van der Waals surface area contributed by atoms with E-state index in [1.54, 1.807) is 0 Å². The van der Waals surface area contributed by atoms with Crippen molar-refractivity contribution in [3.8, 4) is 5.75 Å². The highest BCUT2D eigenvalue weighted by Gasteiger charge is 2.24. The Morgan fingerprint density at radius 3 is 2.46 bits per heavy atom. The van der Waals surface area contributed by atoms with E-state index in [0.29, 0.717) is 6.61 Å². The molecule has 1 aromatic rings. The monoisotopic (exact) mass is 332 g/mol. The molecule has 1 N–H and O–H groups in total. The number of carbonyl (C=O) groups excluding carboxylic acids is 2. The predicted molar refractivity (Wildman–Crippen MR) is 93.8 cm³/mol. The fourth-order valence-corrected chi connectivity index (χ4v) is 3.16. The molecule has 0 aliphatic carbocycles. The number of para-hydroxylation sites is 1. The minimum atomic E-state index is -0.360. The third kappa shape index (κ3) is 5.25. The van der Waals surface area contributed by atoms with Crippen LogP contribution in [0.3, 0.4) is 0 Å². The van der Waals surface area contributed by atoms with Gasteiger partial charge in [-0.25, -0.2) is 0 Å². The zero-order chi connectivity index (χ0) is 17.4. The highest BCUT2D eigenvalue weighted by Crippen LogP contribution is 2.28. The molecule has 2 rings (SSSR count). The fraction of sp³-hybridized carbons (Fsp3) is 0.579. The van der Waals surface area contributed by atoms with Gasteiger partial charge in [-0.2, -0.15) is 0 Å². The van der Waals surface area contributed by atoms with Gasteiger partial charge in [-0.3, -0.25) is 9.59 Å². The Balaban J connectivity index is 2.16. The van der Waals surface area contributed by atoms with Gasteiger partial charge < -0.3 is 15.0 Å². The fourth-order valence-electron chi connectivity index (χ4n) is 3.16. The van der Waals surface area contributed by atoms with Crippen LogP contribution in [0.2, 0.25) is 0 Å². The molecule has 1 heterocycles. The average Bonchev–Trinajstić information content (AvgIpc) is 2.84. The summed E-state index contributed by atoms with van der Waals surface area (Å²) in [6, 6.07) is 7.24. The van der Waals surface area contributed by atoms with E-state index in [9.17, 15) is 9.59 Å². The summed E-state index contributed by atoms with van der Waals surface area (Å²) < 4.78 is 5.67. The molecule has 1 saturated heterocycles. The van der Waals surface area contributed by atoms with Crippen LogP contribution >= 0.6 is 0 Å². The van der Waals surface area contributed by atoms with Crippen molar-refractivity contribution in [3.05, 3.63) is 29.8 Å². The molecule has 5 nitrogen and oxygen atoms in total. The standard InChI is InChI=1S/C19H28N2O3/c1-3-24-18-11-7-6-10-16(18)17(20-15(2)22)14-19(23)21-12-8-4-5-9-13-21/h6-7,10-11,17H,3-5,8-9,12-14H2,1-2H3,(H,20,22)/t17-/m0/s1. The lowest BCUT2D eigenvalue weighted by molar-refractivity contribution is -0.132. The molecule has 0 radical (unpaired) electrons. The number of hydrogen-bond acceptors (Lipinski definition) is 3. The molecule has 1 fully saturated rings. The molecule has 24 heavy (non-hydrogen) atoms. The number of ether oxygens (including phenoxy) is 1. The van der Waals surface area contributed by atoms with Crippen molar-refractivity contribution in [1.82, 2.24) is 10.2 Å². The Hall–Kier alpha value is -2.04. The number of nitrogens with one attached hydrogen (secondary N) is 1. The van der Waals surface area contributed by atoms with Crippen LogP contribution in [0.1, 0.15) is 57.6 Å². The van der Waals surface area contributed by atoms with Crippen molar-refractivity contribution in [2.45, 2.75) is 52.0 Å². The van der Waals surface area contributed by atoms with E-state index in [-0.39, 0.29) is 24.3 Å². The highest BCUT2D eigenvalue weighted by atomic mass is 16.5. The lowest BCUT2D eigenvalue weighted by atomic mass is 10.0. The number of carbonyl (C=O) groups is 2. The summed E-state index contributed by atoms with van der Waals surface area (Å²) in [5, 5.41) is 2.91. The summed E-state index contributed by atoms with van der Waals surface area (Å²) in [5.41, 5.74) is 0.859. The lowest BCUT2D eigenvalue weighted by Gasteiger charge is -2.25. The highest BCUT2D eigenvalue weighted by molar-refractivity contribution is 5.79. The summed E-state index contributed by atoms with van der Waals surface area (Å²) in [5.74, 6) is 0.680. The smallest absolute Gasteiger partial charge is 0.224 e. The normalized spacial score (nSPS) is 16.2. The molecular formula is C19H28N2O3. The second-order valence-corrected chi connectivity index (χ2v) is 6.22. The van der Waals surface area contributed by atoms with Gasteiger partial charge in [-0.15, -0.1) is 0 Å². The van der Waals surface area contributed by atoms with E-state index in [2.05, 4.69) is 5.32 Å². The maximum Gasteiger partial charge on any atom is 0.224 e. The Morgan fingerprint density at radius 1 is 1.17 bits per heavy atom. The molecule has 132 valence electrons. The molecule has 0 aromatic heterocycles. The summed E-state index contributed by atoms with van der Waals surface area (Å²) >= 11 is 0. The van der Waals surface area contributed by atoms with Crippen LogP contribution in [-0.4, -0.2) is 36.4 Å². The van der Waals surface area contributed by atoms with Gasteiger partial charge in [0.1, 0.15) is 5.75 Å². The maximum atomic E-state index is 12.7. The van der Waals surface area contributed by atoms with Crippen LogP contribution in [0, 0.1) is 0 Å². The van der Waals surface area contributed by atoms with Crippen LogP contribution in [0.5, 0.6) is 5.75 Å². The molecule has 0 saturated carbocycles. The minimum absolute atomic E-state index is 0.0990. The predicted octanol–water partition coefficient (Wildman–Crippen LogP) is 3.06. The summed E-state index contributed by atoms with van der Waals surface area (Å²) in [7, 11) is 0. The Labute approximate surface area is 144 Å². The number of benzene rings is 1. The first-order chi connectivity index (χ1) is 11.6. The SMILES string of the molecule is CCOc1ccccc1[C@H](CC(=O)N1CCCCCC1)NC(C)=O. The molecule has 1 atom stereocenters. The van der Waals surface area contributed by atoms with Gasteiger partial charge in [0, 0.05) is 25.6 Å². The number of likely N-dealkylation sites (tertiary alicyclic amines) is 1. The Morgan fingerprint density at radius 2 is 1.83 bits per heavy atom. The van der Waals surface area contributed by atoms with Gasteiger partial charge in [0.25, 0.3) is 0 Å². The second kappa shape index (κ2) is 9.30. The first-order valence-electron chi connectivity index (χ1n) is 8.88. The first-order valence-corrected chi connectivity index (χ1v) is 8.88. The second-order valence-electron chi connectivity index (χ2n) is 6.22. The van der Waals surface area contributed by atoms with Crippen molar-refractivity contribution in [2.75, 3.05) is 19.7 Å². The van der Waals surface area contributed by atoms with Crippen LogP contribution in [-0.2, 0) is 9.59 Å². The molecule has 0 unspecified atom stereocenters. The van der Waals surface area contributed by atoms with E-state index in [1.165, 1.54) is 19.8 Å².